The molecular formula is C18H24N2. The fourth-order valence-electron chi connectivity index (χ4n) is 2.35. The molecule has 0 bridgehead atoms. The molecule has 0 amide bonds. The van der Waals surface area contributed by atoms with Gasteiger partial charge >= 0.3 is 0 Å². The van der Waals surface area contributed by atoms with Crippen LogP contribution in [-0.2, 0) is 0 Å². The molecule has 0 aromatic heterocycles. The second-order valence-corrected chi connectivity index (χ2v) is 6.11. The van der Waals surface area contributed by atoms with Crippen LogP contribution in [0.5, 0.6) is 0 Å². The first-order valence-electron chi connectivity index (χ1n) is 7.22. The number of para-hydroxylation sites is 1. The van der Waals surface area contributed by atoms with Crippen LogP contribution < -0.4 is 5.73 Å². The van der Waals surface area contributed by atoms with Gasteiger partial charge in [0.05, 0.1) is 5.69 Å². The Morgan fingerprint density at radius 1 is 1.30 bits per heavy atom. The van der Waals surface area contributed by atoms with Gasteiger partial charge in [-0.2, -0.15) is 0 Å². The second kappa shape index (κ2) is 5.66. The molecule has 106 valence electrons. The van der Waals surface area contributed by atoms with E-state index in [1.807, 2.05) is 12.1 Å². The smallest absolute Gasteiger partial charge is 0.110 e. The van der Waals surface area contributed by atoms with Crippen LogP contribution in [0.1, 0.15) is 45.6 Å². The number of benzene rings is 1. The van der Waals surface area contributed by atoms with Crippen molar-refractivity contribution in [3.05, 3.63) is 53.6 Å². The highest BCUT2D eigenvalue weighted by molar-refractivity contribution is 5.91. The SMILES string of the molecule is CC1=CCC(C)(/C(N)=N\c2ccccc2C(C)C)C=C1. The molecule has 1 aromatic carbocycles. The second-order valence-electron chi connectivity index (χ2n) is 6.11. The van der Waals surface area contributed by atoms with Crippen molar-refractivity contribution in [2.75, 3.05) is 0 Å². The van der Waals surface area contributed by atoms with Gasteiger partial charge in [0.2, 0.25) is 0 Å². The highest BCUT2D eigenvalue weighted by atomic mass is 14.9. The Labute approximate surface area is 122 Å². The van der Waals surface area contributed by atoms with E-state index in [0.29, 0.717) is 11.8 Å². The first kappa shape index (κ1) is 14.6. The van der Waals surface area contributed by atoms with E-state index in [1.165, 1.54) is 11.1 Å². The third kappa shape index (κ3) is 3.01. The standard InChI is InChI=1S/C18H24N2/c1-13(2)15-7-5-6-8-16(15)20-17(19)18(4)11-9-14(3)10-12-18/h5-11,13H,12H2,1-4H3,(H2,19,20). The maximum atomic E-state index is 6.30. The lowest BCUT2D eigenvalue weighted by atomic mass is 9.81. The number of rotatable bonds is 3. The van der Waals surface area contributed by atoms with Crippen molar-refractivity contribution in [1.29, 1.82) is 0 Å². The quantitative estimate of drug-likeness (QED) is 0.625. The Morgan fingerprint density at radius 3 is 2.60 bits per heavy atom. The molecule has 2 nitrogen and oxygen atoms in total. The fourth-order valence-corrected chi connectivity index (χ4v) is 2.35. The van der Waals surface area contributed by atoms with Gasteiger partial charge in [-0.05, 0) is 37.8 Å². The number of nitrogens with two attached hydrogens (primary N) is 1. The van der Waals surface area contributed by atoms with E-state index in [-0.39, 0.29) is 5.41 Å². The third-order valence-corrected chi connectivity index (χ3v) is 3.95. The summed E-state index contributed by atoms with van der Waals surface area (Å²) in [5.41, 5.74) is 9.64. The molecule has 0 saturated heterocycles. The summed E-state index contributed by atoms with van der Waals surface area (Å²) in [7, 11) is 0. The van der Waals surface area contributed by atoms with Crippen molar-refractivity contribution >= 4 is 11.5 Å². The lowest BCUT2D eigenvalue weighted by molar-refractivity contribution is 0.592. The summed E-state index contributed by atoms with van der Waals surface area (Å²) in [5.74, 6) is 1.13. The van der Waals surface area contributed by atoms with Gasteiger partial charge in [-0.15, -0.1) is 0 Å². The summed E-state index contributed by atoms with van der Waals surface area (Å²) >= 11 is 0. The van der Waals surface area contributed by atoms with Gasteiger partial charge in [-0.25, -0.2) is 4.99 Å². The molecule has 2 N–H and O–H groups in total. The van der Waals surface area contributed by atoms with Gasteiger partial charge in [-0.3, -0.25) is 0 Å². The lowest BCUT2D eigenvalue weighted by Crippen LogP contribution is -2.33. The largest absolute Gasteiger partial charge is 0.386 e. The van der Waals surface area contributed by atoms with Crippen molar-refractivity contribution < 1.29 is 0 Å². The summed E-state index contributed by atoms with van der Waals surface area (Å²) in [5, 5.41) is 0. The van der Waals surface area contributed by atoms with E-state index in [4.69, 9.17) is 10.7 Å². The molecule has 1 aliphatic carbocycles. The summed E-state index contributed by atoms with van der Waals surface area (Å²) in [6.07, 6.45) is 7.42. The van der Waals surface area contributed by atoms with Gasteiger partial charge in [0, 0.05) is 5.41 Å². The van der Waals surface area contributed by atoms with Crippen LogP contribution in [0.25, 0.3) is 0 Å². The van der Waals surface area contributed by atoms with E-state index in [9.17, 15) is 0 Å². The van der Waals surface area contributed by atoms with Crippen LogP contribution in [-0.4, -0.2) is 5.84 Å². The lowest BCUT2D eigenvalue weighted by Gasteiger charge is -2.27. The zero-order chi connectivity index (χ0) is 14.8. The molecule has 20 heavy (non-hydrogen) atoms. The average Bonchev–Trinajstić information content (AvgIpc) is 2.42. The molecule has 0 spiro atoms. The van der Waals surface area contributed by atoms with Crippen molar-refractivity contribution in [2.24, 2.45) is 16.1 Å². The molecule has 1 aromatic rings. The zero-order valence-electron chi connectivity index (χ0n) is 12.9. The van der Waals surface area contributed by atoms with Gasteiger partial charge in [0.15, 0.2) is 0 Å². The van der Waals surface area contributed by atoms with Crippen LogP contribution in [0.15, 0.2) is 53.1 Å². The minimum Gasteiger partial charge on any atom is -0.386 e. The molecule has 0 heterocycles. The van der Waals surface area contributed by atoms with Crippen molar-refractivity contribution in [3.63, 3.8) is 0 Å². The third-order valence-electron chi connectivity index (χ3n) is 3.95. The first-order chi connectivity index (χ1) is 9.42. The van der Waals surface area contributed by atoms with Crippen LogP contribution in [0.4, 0.5) is 5.69 Å². The van der Waals surface area contributed by atoms with Gasteiger partial charge in [0.25, 0.3) is 0 Å². The Balaban J connectivity index is 2.34. The Hall–Kier alpha value is -1.83. The predicted octanol–water partition coefficient (Wildman–Crippen LogP) is 4.71. The van der Waals surface area contributed by atoms with Crippen molar-refractivity contribution in [2.45, 2.75) is 40.0 Å². The minimum absolute atomic E-state index is 0.177. The molecule has 0 saturated carbocycles. The highest BCUT2D eigenvalue weighted by Crippen LogP contribution is 2.32. The molecule has 2 heteroatoms. The fraction of sp³-hybridized carbons (Fsp3) is 0.389. The highest BCUT2D eigenvalue weighted by Gasteiger charge is 2.26. The summed E-state index contributed by atoms with van der Waals surface area (Å²) in [6, 6.07) is 8.24. The van der Waals surface area contributed by atoms with Crippen LogP contribution in [0.3, 0.4) is 0 Å². The van der Waals surface area contributed by atoms with E-state index < -0.39 is 0 Å². The summed E-state index contributed by atoms with van der Waals surface area (Å²) in [6.45, 7) is 8.61. The monoisotopic (exact) mass is 268 g/mol. The van der Waals surface area contributed by atoms with Gasteiger partial charge in [-0.1, -0.05) is 55.8 Å². The molecule has 0 radical (unpaired) electrons. The number of allylic oxidation sites excluding steroid dienone is 3. The molecule has 1 aliphatic rings. The number of amidine groups is 1. The molecule has 1 atom stereocenters. The maximum absolute atomic E-state index is 6.30. The summed E-state index contributed by atoms with van der Waals surface area (Å²) < 4.78 is 0. The predicted molar refractivity (Wildman–Crippen MR) is 87.4 cm³/mol. The Kier molecular flexibility index (Phi) is 4.12. The number of aliphatic imine (C=N–C) groups is 1. The average molecular weight is 268 g/mol. The van der Waals surface area contributed by atoms with E-state index in [0.717, 1.165) is 12.1 Å². The van der Waals surface area contributed by atoms with Crippen LogP contribution >= 0.6 is 0 Å². The van der Waals surface area contributed by atoms with E-state index in [2.05, 4.69) is 58.1 Å². The van der Waals surface area contributed by atoms with E-state index >= 15 is 0 Å². The minimum atomic E-state index is -0.177. The normalized spacial score (nSPS) is 23.1. The number of hydrogen-bond donors (Lipinski definition) is 1. The molecule has 2 rings (SSSR count). The van der Waals surface area contributed by atoms with Crippen LogP contribution in [0.2, 0.25) is 0 Å². The Morgan fingerprint density at radius 2 is 2.00 bits per heavy atom. The van der Waals surface area contributed by atoms with Gasteiger partial charge in [0.1, 0.15) is 5.84 Å². The molecule has 0 aliphatic heterocycles. The topological polar surface area (TPSA) is 38.4 Å². The van der Waals surface area contributed by atoms with Gasteiger partial charge < -0.3 is 5.73 Å². The molecule has 0 fully saturated rings. The molecule has 1 unspecified atom stereocenters. The Bertz CT molecular complexity index is 579. The zero-order valence-corrected chi connectivity index (χ0v) is 12.9. The number of nitrogens with zero attached hydrogens (tertiary/aromatic N) is 1. The molecular weight excluding hydrogens is 244 g/mol. The van der Waals surface area contributed by atoms with E-state index in [1.54, 1.807) is 0 Å². The van der Waals surface area contributed by atoms with Crippen LogP contribution in [0, 0.1) is 5.41 Å². The van der Waals surface area contributed by atoms with Crippen molar-refractivity contribution in [1.82, 2.24) is 0 Å². The first-order valence-corrected chi connectivity index (χ1v) is 7.22. The van der Waals surface area contributed by atoms with Crippen molar-refractivity contribution in [3.8, 4) is 0 Å². The number of hydrogen-bond acceptors (Lipinski definition) is 1. The summed E-state index contributed by atoms with van der Waals surface area (Å²) in [4.78, 5) is 4.71. The maximum Gasteiger partial charge on any atom is 0.110 e.